The topological polar surface area (TPSA) is 41.5 Å². The highest BCUT2D eigenvalue weighted by Gasteiger charge is 2.20. The number of benzene rings is 1. The maximum absolute atomic E-state index is 13.5. The van der Waals surface area contributed by atoms with Gasteiger partial charge in [0.2, 0.25) is 0 Å². The zero-order valence-electron chi connectivity index (χ0n) is 12.2. The third-order valence-corrected chi connectivity index (χ3v) is 3.21. The summed E-state index contributed by atoms with van der Waals surface area (Å²) in [6.45, 7) is 7.13. The van der Waals surface area contributed by atoms with E-state index in [0.717, 1.165) is 12.1 Å². The molecule has 2 atom stereocenters. The van der Waals surface area contributed by atoms with Gasteiger partial charge in [-0.25, -0.2) is 8.78 Å². The van der Waals surface area contributed by atoms with E-state index in [1.165, 1.54) is 6.07 Å². The zero-order valence-corrected chi connectivity index (χ0v) is 12.2. The van der Waals surface area contributed by atoms with Crippen LogP contribution in [0, 0.1) is 17.6 Å². The Kier molecular flexibility index (Phi) is 7.05. The van der Waals surface area contributed by atoms with E-state index in [-0.39, 0.29) is 18.2 Å². The van der Waals surface area contributed by atoms with Gasteiger partial charge in [0.15, 0.2) is 0 Å². The minimum absolute atomic E-state index is 0.0273. The molecular formula is C15H23F2NO2. The van der Waals surface area contributed by atoms with Gasteiger partial charge in [-0.15, -0.1) is 0 Å². The Morgan fingerprint density at radius 3 is 2.35 bits per heavy atom. The standard InChI is InChI=1S/C15H23F2NO2/c1-4-20-9-13(10(2)3)18-8-14(19)15-11(16)6-5-7-12(15)17/h5-7,10,13-14,18-19H,4,8-9H2,1-3H3. The first-order valence-corrected chi connectivity index (χ1v) is 6.90. The fourth-order valence-electron chi connectivity index (χ4n) is 1.93. The smallest absolute Gasteiger partial charge is 0.131 e. The van der Waals surface area contributed by atoms with Crippen LogP contribution >= 0.6 is 0 Å². The molecular weight excluding hydrogens is 264 g/mol. The Morgan fingerprint density at radius 1 is 1.25 bits per heavy atom. The maximum atomic E-state index is 13.5. The minimum atomic E-state index is -1.22. The first kappa shape index (κ1) is 17.0. The number of rotatable bonds is 8. The Morgan fingerprint density at radius 2 is 1.85 bits per heavy atom. The molecule has 0 saturated carbocycles. The van der Waals surface area contributed by atoms with E-state index in [4.69, 9.17) is 4.74 Å². The molecule has 0 fully saturated rings. The second-order valence-corrected chi connectivity index (χ2v) is 5.07. The van der Waals surface area contributed by atoms with Crippen molar-refractivity contribution in [2.24, 2.45) is 5.92 Å². The molecule has 0 heterocycles. The van der Waals surface area contributed by atoms with Crippen LogP contribution in [0.25, 0.3) is 0 Å². The molecule has 3 nitrogen and oxygen atoms in total. The highest BCUT2D eigenvalue weighted by molar-refractivity contribution is 5.22. The lowest BCUT2D eigenvalue weighted by atomic mass is 10.0. The van der Waals surface area contributed by atoms with Crippen molar-refractivity contribution in [3.63, 3.8) is 0 Å². The third-order valence-electron chi connectivity index (χ3n) is 3.21. The highest BCUT2D eigenvalue weighted by atomic mass is 19.1. The van der Waals surface area contributed by atoms with E-state index in [9.17, 15) is 13.9 Å². The Labute approximate surface area is 119 Å². The zero-order chi connectivity index (χ0) is 15.1. The molecule has 0 spiro atoms. The summed E-state index contributed by atoms with van der Waals surface area (Å²) in [7, 11) is 0. The van der Waals surface area contributed by atoms with E-state index < -0.39 is 17.7 Å². The summed E-state index contributed by atoms with van der Waals surface area (Å²) in [5.74, 6) is -1.17. The van der Waals surface area contributed by atoms with Crippen LogP contribution in [-0.4, -0.2) is 30.9 Å². The molecule has 2 N–H and O–H groups in total. The van der Waals surface area contributed by atoms with E-state index in [1.54, 1.807) is 0 Å². The molecule has 5 heteroatoms. The van der Waals surface area contributed by atoms with Gasteiger partial charge in [-0.1, -0.05) is 19.9 Å². The average Bonchev–Trinajstić information content (AvgIpc) is 2.38. The van der Waals surface area contributed by atoms with Gasteiger partial charge in [0.1, 0.15) is 11.6 Å². The van der Waals surface area contributed by atoms with Crippen molar-refractivity contribution >= 4 is 0 Å². The van der Waals surface area contributed by atoms with Crippen LogP contribution in [0.5, 0.6) is 0 Å². The van der Waals surface area contributed by atoms with E-state index in [0.29, 0.717) is 19.1 Å². The largest absolute Gasteiger partial charge is 0.387 e. The monoisotopic (exact) mass is 287 g/mol. The lowest BCUT2D eigenvalue weighted by Gasteiger charge is -2.24. The van der Waals surface area contributed by atoms with Gasteiger partial charge in [0.25, 0.3) is 0 Å². The number of ether oxygens (including phenoxy) is 1. The van der Waals surface area contributed by atoms with E-state index in [2.05, 4.69) is 5.32 Å². The fourth-order valence-corrected chi connectivity index (χ4v) is 1.93. The van der Waals surface area contributed by atoms with Crippen molar-refractivity contribution in [2.45, 2.75) is 32.9 Å². The van der Waals surface area contributed by atoms with Gasteiger partial charge < -0.3 is 15.2 Å². The normalized spacial score (nSPS) is 14.6. The van der Waals surface area contributed by atoms with Crippen LogP contribution in [0.3, 0.4) is 0 Å². The minimum Gasteiger partial charge on any atom is -0.387 e. The molecule has 1 rings (SSSR count). The second-order valence-electron chi connectivity index (χ2n) is 5.07. The molecule has 1 aromatic rings. The quantitative estimate of drug-likeness (QED) is 0.772. The summed E-state index contributed by atoms with van der Waals surface area (Å²) in [4.78, 5) is 0. The summed E-state index contributed by atoms with van der Waals surface area (Å²) >= 11 is 0. The van der Waals surface area contributed by atoms with Crippen LogP contribution in [0.15, 0.2) is 18.2 Å². The van der Waals surface area contributed by atoms with Gasteiger partial charge >= 0.3 is 0 Å². The molecule has 0 aliphatic carbocycles. The number of aliphatic hydroxyl groups excluding tert-OH is 1. The molecule has 0 aliphatic rings. The number of hydrogen-bond donors (Lipinski definition) is 2. The Hall–Kier alpha value is -1.04. The Balaban J connectivity index is 2.63. The molecule has 0 amide bonds. The molecule has 0 aromatic heterocycles. The van der Waals surface area contributed by atoms with Crippen molar-refractivity contribution in [1.82, 2.24) is 5.32 Å². The second kappa shape index (κ2) is 8.29. The fraction of sp³-hybridized carbons (Fsp3) is 0.600. The third kappa shape index (κ3) is 4.81. The number of nitrogens with one attached hydrogen (secondary N) is 1. The van der Waals surface area contributed by atoms with Crippen molar-refractivity contribution in [3.8, 4) is 0 Å². The van der Waals surface area contributed by atoms with Gasteiger partial charge in [0.05, 0.1) is 18.3 Å². The van der Waals surface area contributed by atoms with Crippen molar-refractivity contribution < 1.29 is 18.6 Å². The molecule has 0 aliphatic heterocycles. The van der Waals surface area contributed by atoms with E-state index >= 15 is 0 Å². The van der Waals surface area contributed by atoms with E-state index in [1.807, 2.05) is 20.8 Å². The molecule has 0 radical (unpaired) electrons. The summed E-state index contributed by atoms with van der Waals surface area (Å²) in [6, 6.07) is 3.59. The van der Waals surface area contributed by atoms with Gasteiger partial charge in [-0.2, -0.15) is 0 Å². The molecule has 0 bridgehead atoms. The first-order chi connectivity index (χ1) is 9.47. The van der Waals surface area contributed by atoms with Crippen molar-refractivity contribution in [3.05, 3.63) is 35.4 Å². The lowest BCUT2D eigenvalue weighted by Crippen LogP contribution is -2.40. The SMILES string of the molecule is CCOCC(NCC(O)c1c(F)cccc1F)C(C)C. The number of halogens is 2. The molecule has 20 heavy (non-hydrogen) atoms. The number of hydrogen-bond acceptors (Lipinski definition) is 3. The van der Waals surface area contributed by atoms with Crippen molar-refractivity contribution in [2.75, 3.05) is 19.8 Å². The first-order valence-electron chi connectivity index (χ1n) is 6.90. The van der Waals surface area contributed by atoms with Crippen LogP contribution in [0.4, 0.5) is 8.78 Å². The molecule has 1 aromatic carbocycles. The molecule has 2 unspecified atom stereocenters. The van der Waals surface area contributed by atoms with Gasteiger partial charge in [-0.05, 0) is 25.0 Å². The van der Waals surface area contributed by atoms with Crippen LogP contribution in [0.1, 0.15) is 32.4 Å². The highest BCUT2D eigenvalue weighted by Crippen LogP contribution is 2.20. The van der Waals surface area contributed by atoms with Crippen molar-refractivity contribution in [1.29, 1.82) is 0 Å². The summed E-state index contributed by atoms with van der Waals surface area (Å²) < 4.78 is 32.4. The van der Waals surface area contributed by atoms with Crippen LogP contribution in [-0.2, 0) is 4.74 Å². The van der Waals surface area contributed by atoms with Gasteiger partial charge in [-0.3, -0.25) is 0 Å². The summed E-state index contributed by atoms with van der Waals surface area (Å²) in [6.07, 6.45) is -1.22. The van der Waals surface area contributed by atoms with Crippen LogP contribution in [0.2, 0.25) is 0 Å². The maximum Gasteiger partial charge on any atom is 0.131 e. The molecule has 114 valence electrons. The summed E-state index contributed by atoms with van der Waals surface area (Å²) in [5, 5.41) is 13.1. The summed E-state index contributed by atoms with van der Waals surface area (Å²) in [5.41, 5.74) is -0.293. The Bertz CT molecular complexity index is 393. The molecule has 0 saturated heterocycles. The lowest BCUT2D eigenvalue weighted by molar-refractivity contribution is 0.0957. The predicted octanol–water partition coefficient (Wildman–Crippen LogP) is 2.65. The average molecular weight is 287 g/mol. The predicted molar refractivity (Wildman–Crippen MR) is 74.4 cm³/mol. The van der Waals surface area contributed by atoms with Crippen LogP contribution < -0.4 is 5.32 Å². The van der Waals surface area contributed by atoms with Gasteiger partial charge in [0, 0.05) is 19.2 Å². The number of aliphatic hydroxyl groups is 1.